The molecule has 3 amide bonds. The minimum atomic E-state index is -0.806. The second-order valence-electron chi connectivity index (χ2n) is 6.00. The predicted molar refractivity (Wildman–Crippen MR) is 96.3 cm³/mol. The van der Waals surface area contributed by atoms with E-state index in [1.54, 1.807) is 6.92 Å². The van der Waals surface area contributed by atoms with Crippen molar-refractivity contribution >= 4 is 23.5 Å². The molecular weight excluding hydrogens is 362 g/mol. The lowest BCUT2D eigenvalue weighted by Gasteiger charge is -2.26. The van der Waals surface area contributed by atoms with Gasteiger partial charge in [0.05, 0.1) is 12.2 Å². The number of hydrogen-bond donors (Lipinski definition) is 3. The maximum Gasteiger partial charge on any atom is 0.414 e. The summed E-state index contributed by atoms with van der Waals surface area (Å²) in [7, 11) is 1.44. The molecule has 2 rings (SSSR count). The first-order valence-electron chi connectivity index (χ1n) is 8.47. The lowest BCUT2D eigenvalue weighted by atomic mass is 10.2. The van der Waals surface area contributed by atoms with E-state index in [9.17, 15) is 18.4 Å². The Kier molecular flexibility index (Phi) is 6.75. The molecule has 1 saturated heterocycles. The zero-order valence-corrected chi connectivity index (χ0v) is 15.2. The molecule has 27 heavy (non-hydrogen) atoms. The number of halogens is 2. The largest absolute Gasteiger partial charge is 0.443 e. The summed E-state index contributed by atoms with van der Waals surface area (Å²) in [6.45, 7) is 2.80. The number of primary amides is 1. The number of nitrogens with one attached hydrogen (secondary N) is 1. The van der Waals surface area contributed by atoms with E-state index in [4.69, 9.17) is 16.2 Å². The smallest absolute Gasteiger partial charge is 0.414 e. The third-order valence-electron chi connectivity index (χ3n) is 4.21. The molecule has 0 unspecified atom stereocenters. The van der Waals surface area contributed by atoms with Crippen molar-refractivity contribution in [2.45, 2.75) is 13.0 Å². The summed E-state index contributed by atoms with van der Waals surface area (Å²) < 4.78 is 34.3. The van der Waals surface area contributed by atoms with Crippen LogP contribution in [0.3, 0.4) is 0 Å². The minimum absolute atomic E-state index is 0.0670. The first kappa shape index (κ1) is 20.6. The van der Waals surface area contributed by atoms with Gasteiger partial charge in [-0.2, -0.15) is 0 Å². The molecule has 0 aliphatic carbocycles. The first-order chi connectivity index (χ1) is 12.8. The van der Waals surface area contributed by atoms with Gasteiger partial charge < -0.3 is 21.1 Å². The maximum atomic E-state index is 14.6. The van der Waals surface area contributed by atoms with Crippen LogP contribution in [0.2, 0.25) is 0 Å². The number of ether oxygens (including phenoxy) is 1. The van der Waals surface area contributed by atoms with Crippen LogP contribution < -0.4 is 26.7 Å². The van der Waals surface area contributed by atoms with E-state index < -0.39 is 29.9 Å². The van der Waals surface area contributed by atoms with Gasteiger partial charge in [-0.25, -0.2) is 23.8 Å². The molecule has 1 heterocycles. The second kappa shape index (κ2) is 8.82. The summed E-state index contributed by atoms with van der Waals surface area (Å²) in [5.74, 6) is -1.61. The van der Waals surface area contributed by atoms with E-state index >= 15 is 0 Å². The van der Waals surface area contributed by atoms with Gasteiger partial charge in [-0.15, -0.1) is 0 Å². The van der Waals surface area contributed by atoms with E-state index in [0.29, 0.717) is 6.54 Å². The molecule has 1 aliphatic rings. The highest BCUT2D eigenvalue weighted by Gasteiger charge is 2.32. The zero-order chi connectivity index (χ0) is 20.1. The molecule has 0 aromatic heterocycles. The van der Waals surface area contributed by atoms with Crippen LogP contribution in [0, 0.1) is 11.6 Å². The molecule has 1 aromatic rings. The molecule has 150 valence electrons. The molecule has 1 fully saturated rings. The van der Waals surface area contributed by atoms with Crippen LogP contribution in [-0.2, 0) is 4.74 Å². The SMILES string of the molecule is CCN(CCNN(C)C(N)=O)c1c(F)cc(N2C[C@H](CN)OC2=O)cc1F. The van der Waals surface area contributed by atoms with Crippen molar-refractivity contribution in [3.63, 3.8) is 0 Å². The standard InChI is InChI=1S/C16H24F2N6O3/c1-3-23(5-4-21-22(2)15(20)25)14-12(17)6-10(7-13(14)18)24-9-11(8-19)27-16(24)26/h6-7,11,21H,3-5,8-9,19H2,1-2H3,(H2,20,25)/t11-/m0/s1. The molecule has 9 nitrogen and oxygen atoms in total. The number of rotatable bonds is 8. The molecule has 0 saturated carbocycles. The van der Waals surface area contributed by atoms with Crippen LogP contribution in [-0.4, -0.2) is 63.0 Å². The van der Waals surface area contributed by atoms with Crippen molar-refractivity contribution in [1.29, 1.82) is 0 Å². The summed E-state index contributed by atoms with van der Waals surface area (Å²) in [5, 5.41) is 1.08. The van der Waals surface area contributed by atoms with Gasteiger partial charge >= 0.3 is 12.1 Å². The van der Waals surface area contributed by atoms with E-state index in [1.165, 1.54) is 11.9 Å². The van der Waals surface area contributed by atoms with Gasteiger partial charge in [-0.3, -0.25) is 9.91 Å². The van der Waals surface area contributed by atoms with E-state index in [2.05, 4.69) is 5.43 Å². The molecule has 0 radical (unpaired) electrons. The van der Waals surface area contributed by atoms with Gasteiger partial charge in [-0.1, -0.05) is 0 Å². The highest BCUT2D eigenvalue weighted by atomic mass is 19.1. The number of carbonyl (C=O) groups excluding carboxylic acids is 2. The van der Waals surface area contributed by atoms with Crippen LogP contribution in [0.5, 0.6) is 0 Å². The van der Waals surface area contributed by atoms with Crippen LogP contribution in [0.25, 0.3) is 0 Å². The van der Waals surface area contributed by atoms with Crippen LogP contribution >= 0.6 is 0 Å². The summed E-state index contributed by atoms with van der Waals surface area (Å²) in [5.41, 5.74) is 13.1. The normalized spacial score (nSPS) is 16.4. The molecule has 0 bridgehead atoms. The summed E-state index contributed by atoms with van der Waals surface area (Å²) in [6.07, 6.45) is -1.20. The Morgan fingerprint density at radius 3 is 2.52 bits per heavy atom. The predicted octanol–water partition coefficient (Wildman–Crippen LogP) is 0.590. The van der Waals surface area contributed by atoms with Gasteiger partial charge in [0.1, 0.15) is 11.8 Å². The number of anilines is 2. The van der Waals surface area contributed by atoms with Crippen molar-refractivity contribution in [1.82, 2.24) is 10.4 Å². The monoisotopic (exact) mass is 386 g/mol. The summed E-state index contributed by atoms with van der Waals surface area (Å²) in [4.78, 5) is 25.4. The minimum Gasteiger partial charge on any atom is -0.443 e. The lowest BCUT2D eigenvalue weighted by molar-refractivity contribution is 0.145. The number of nitrogens with zero attached hydrogens (tertiary/aromatic N) is 3. The number of hydrogen-bond acceptors (Lipinski definition) is 6. The Bertz CT molecular complexity index is 682. The van der Waals surface area contributed by atoms with Gasteiger partial charge in [0.2, 0.25) is 0 Å². The molecule has 5 N–H and O–H groups in total. The summed E-state index contributed by atoms with van der Waals surface area (Å²) in [6, 6.07) is 1.50. The highest BCUT2D eigenvalue weighted by Crippen LogP contribution is 2.30. The lowest BCUT2D eigenvalue weighted by Crippen LogP contribution is -2.46. The number of amides is 3. The number of nitrogens with two attached hydrogens (primary N) is 2. The maximum absolute atomic E-state index is 14.6. The van der Waals surface area contributed by atoms with Crippen molar-refractivity contribution < 1.29 is 23.1 Å². The van der Waals surface area contributed by atoms with Crippen molar-refractivity contribution in [2.75, 3.05) is 49.6 Å². The number of carbonyl (C=O) groups is 2. The number of urea groups is 1. The highest BCUT2D eigenvalue weighted by molar-refractivity contribution is 5.90. The average molecular weight is 386 g/mol. The fraction of sp³-hybridized carbons (Fsp3) is 0.500. The number of likely N-dealkylation sites (N-methyl/N-ethyl adjacent to an activating group) is 1. The van der Waals surface area contributed by atoms with Gasteiger partial charge in [0.25, 0.3) is 0 Å². The summed E-state index contributed by atoms with van der Waals surface area (Å²) >= 11 is 0. The van der Waals surface area contributed by atoms with E-state index in [0.717, 1.165) is 22.0 Å². The Hall–Kier alpha value is -2.66. The molecule has 1 atom stereocenters. The quantitative estimate of drug-likeness (QED) is 0.563. The molecule has 1 aliphatic heterocycles. The molecule has 1 aromatic carbocycles. The van der Waals surface area contributed by atoms with Crippen molar-refractivity contribution in [2.24, 2.45) is 11.5 Å². The fourth-order valence-corrected chi connectivity index (χ4v) is 2.72. The Balaban J connectivity index is 2.15. The van der Waals surface area contributed by atoms with E-state index in [-0.39, 0.29) is 37.6 Å². The number of benzene rings is 1. The van der Waals surface area contributed by atoms with Crippen LogP contribution in [0.4, 0.5) is 29.7 Å². The average Bonchev–Trinajstić information content (AvgIpc) is 3.00. The van der Waals surface area contributed by atoms with Crippen molar-refractivity contribution in [3.8, 4) is 0 Å². The van der Waals surface area contributed by atoms with Gasteiger partial charge in [0, 0.05) is 45.4 Å². The van der Waals surface area contributed by atoms with Crippen LogP contribution in [0.1, 0.15) is 6.92 Å². The number of cyclic esters (lactones) is 1. The Morgan fingerprint density at radius 2 is 2.04 bits per heavy atom. The molecule has 11 heteroatoms. The molecular formula is C16H24F2N6O3. The van der Waals surface area contributed by atoms with Crippen LogP contribution in [0.15, 0.2) is 12.1 Å². The third kappa shape index (κ3) is 4.74. The van der Waals surface area contributed by atoms with Gasteiger partial charge in [0.15, 0.2) is 11.6 Å². The third-order valence-corrected chi connectivity index (χ3v) is 4.21. The Morgan fingerprint density at radius 1 is 1.41 bits per heavy atom. The van der Waals surface area contributed by atoms with E-state index in [1.807, 2.05) is 0 Å². The second-order valence-corrected chi connectivity index (χ2v) is 6.00. The molecule has 0 spiro atoms. The van der Waals surface area contributed by atoms with Gasteiger partial charge in [-0.05, 0) is 6.92 Å². The first-order valence-corrected chi connectivity index (χ1v) is 8.47. The zero-order valence-electron chi connectivity index (χ0n) is 15.2. The number of hydrazine groups is 1. The Labute approximate surface area is 155 Å². The topological polar surface area (TPSA) is 117 Å². The fourth-order valence-electron chi connectivity index (χ4n) is 2.72. The van der Waals surface area contributed by atoms with Crippen molar-refractivity contribution in [3.05, 3.63) is 23.8 Å².